The Labute approximate surface area is 104 Å². The number of esters is 2. The fourth-order valence-corrected chi connectivity index (χ4v) is 1.47. The van der Waals surface area contributed by atoms with Crippen molar-refractivity contribution in [2.45, 2.75) is 65.4 Å². The average Bonchev–Trinajstić information content (AvgIpc) is 2.26. The van der Waals surface area contributed by atoms with Gasteiger partial charge in [0, 0.05) is 6.92 Å². The monoisotopic (exact) mass is 244 g/mol. The molecular formula is C13H24O4. The van der Waals surface area contributed by atoms with Gasteiger partial charge in [0.05, 0.1) is 6.61 Å². The van der Waals surface area contributed by atoms with Crippen LogP contribution in [0.2, 0.25) is 0 Å². The summed E-state index contributed by atoms with van der Waals surface area (Å²) in [7, 11) is 0. The third-order valence-electron chi connectivity index (χ3n) is 2.42. The Kier molecular flexibility index (Phi) is 9.49. The molecule has 1 unspecified atom stereocenters. The van der Waals surface area contributed by atoms with E-state index >= 15 is 0 Å². The molecule has 100 valence electrons. The standard InChI is InChI=1S/C13H24O4/c1-4-5-6-7-8-9-10-16-13(15)11(2)17-12(3)14/h11H,4-10H2,1-3H3. The minimum atomic E-state index is -0.799. The molecule has 0 spiro atoms. The lowest BCUT2D eigenvalue weighted by Gasteiger charge is -2.11. The van der Waals surface area contributed by atoms with E-state index in [0.29, 0.717) is 6.61 Å². The summed E-state index contributed by atoms with van der Waals surface area (Å²) >= 11 is 0. The number of hydrogen-bond acceptors (Lipinski definition) is 4. The molecule has 0 aliphatic rings. The Morgan fingerprint density at radius 2 is 1.65 bits per heavy atom. The van der Waals surface area contributed by atoms with E-state index in [1.807, 2.05) is 0 Å². The van der Waals surface area contributed by atoms with Gasteiger partial charge in [0.25, 0.3) is 0 Å². The van der Waals surface area contributed by atoms with Crippen LogP contribution in [0.25, 0.3) is 0 Å². The molecule has 1 atom stereocenters. The fourth-order valence-electron chi connectivity index (χ4n) is 1.47. The summed E-state index contributed by atoms with van der Waals surface area (Å²) in [6.07, 6.45) is 6.09. The van der Waals surface area contributed by atoms with Crippen molar-refractivity contribution in [3.63, 3.8) is 0 Å². The quantitative estimate of drug-likeness (QED) is 0.462. The van der Waals surface area contributed by atoms with E-state index < -0.39 is 18.0 Å². The van der Waals surface area contributed by atoms with Gasteiger partial charge < -0.3 is 9.47 Å². The molecule has 0 aliphatic heterocycles. The van der Waals surface area contributed by atoms with Crippen LogP contribution in [0, 0.1) is 0 Å². The maximum absolute atomic E-state index is 11.3. The Hall–Kier alpha value is -1.06. The molecular weight excluding hydrogens is 220 g/mol. The van der Waals surface area contributed by atoms with Gasteiger partial charge in [-0.15, -0.1) is 0 Å². The first kappa shape index (κ1) is 15.9. The largest absolute Gasteiger partial charge is 0.463 e. The predicted octanol–water partition coefficient (Wildman–Crippen LogP) is 2.84. The maximum atomic E-state index is 11.3. The van der Waals surface area contributed by atoms with Gasteiger partial charge in [-0.2, -0.15) is 0 Å². The van der Waals surface area contributed by atoms with Crippen molar-refractivity contribution >= 4 is 11.9 Å². The zero-order valence-corrected chi connectivity index (χ0v) is 11.2. The molecule has 0 radical (unpaired) electrons. The number of carbonyl (C=O) groups excluding carboxylic acids is 2. The van der Waals surface area contributed by atoms with E-state index in [2.05, 4.69) is 6.92 Å². The van der Waals surface area contributed by atoms with Crippen molar-refractivity contribution in [3.05, 3.63) is 0 Å². The Morgan fingerprint density at radius 3 is 2.24 bits per heavy atom. The van der Waals surface area contributed by atoms with E-state index in [0.717, 1.165) is 12.8 Å². The van der Waals surface area contributed by atoms with E-state index in [-0.39, 0.29) is 0 Å². The maximum Gasteiger partial charge on any atom is 0.347 e. The van der Waals surface area contributed by atoms with Gasteiger partial charge in [0.1, 0.15) is 0 Å². The molecule has 0 N–H and O–H groups in total. The first-order valence-corrected chi connectivity index (χ1v) is 6.41. The minimum absolute atomic E-state index is 0.413. The molecule has 0 saturated carbocycles. The van der Waals surface area contributed by atoms with Gasteiger partial charge in [0.2, 0.25) is 0 Å². The molecule has 0 heterocycles. The minimum Gasteiger partial charge on any atom is -0.463 e. The van der Waals surface area contributed by atoms with Crippen LogP contribution in [0.3, 0.4) is 0 Å². The molecule has 17 heavy (non-hydrogen) atoms. The zero-order chi connectivity index (χ0) is 13.1. The second kappa shape index (κ2) is 10.1. The summed E-state index contributed by atoms with van der Waals surface area (Å²) in [4.78, 5) is 21.9. The van der Waals surface area contributed by atoms with Crippen molar-refractivity contribution in [2.75, 3.05) is 6.61 Å². The molecule has 0 bridgehead atoms. The third kappa shape index (κ3) is 9.85. The highest BCUT2D eigenvalue weighted by molar-refractivity contribution is 5.78. The molecule has 4 nitrogen and oxygen atoms in total. The predicted molar refractivity (Wildman–Crippen MR) is 65.6 cm³/mol. The molecule has 0 aromatic heterocycles. The average molecular weight is 244 g/mol. The van der Waals surface area contributed by atoms with Crippen LogP contribution in [0.4, 0.5) is 0 Å². The number of hydrogen-bond donors (Lipinski definition) is 0. The molecule has 0 aliphatic carbocycles. The second-order valence-corrected chi connectivity index (χ2v) is 4.19. The lowest BCUT2D eigenvalue weighted by atomic mass is 10.1. The normalized spacial score (nSPS) is 11.9. The van der Waals surface area contributed by atoms with Crippen LogP contribution in [0.5, 0.6) is 0 Å². The highest BCUT2D eigenvalue weighted by Crippen LogP contribution is 2.05. The Bertz CT molecular complexity index is 225. The molecule has 0 rings (SSSR count). The van der Waals surface area contributed by atoms with Gasteiger partial charge in [-0.1, -0.05) is 39.0 Å². The second-order valence-electron chi connectivity index (χ2n) is 4.19. The van der Waals surface area contributed by atoms with Gasteiger partial charge in [-0.05, 0) is 13.3 Å². The van der Waals surface area contributed by atoms with E-state index in [9.17, 15) is 9.59 Å². The molecule has 0 saturated heterocycles. The van der Waals surface area contributed by atoms with Gasteiger partial charge in [-0.3, -0.25) is 4.79 Å². The van der Waals surface area contributed by atoms with Crippen LogP contribution in [0.1, 0.15) is 59.3 Å². The molecule has 4 heteroatoms. The van der Waals surface area contributed by atoms with Crippen molar-refractivity contribution in [2.24, 2.45) is 0 Å². The van der Waals surface area contributed by atoms with E-state index in [4.69, 9.17) is 9.47 Å². The zero-order valence-electron chi connectivity index (χ0n) is 11.2. The number of unbranched alkanes of at least 4 members (excludes halogenated alkanes) is 5. The SMILES string of the molecule is CCCCCCCCOC(=O)C(C)OC(C)=O. The van der Waals surface area contributed by atoms with Crippen LogP contribution in [0.15, 0.2) is 0 Å². The van der Waals surface area contributed by atoms with Gasteiger partial charge >= 0.3 is 11.9 Å². The van der Waals surface area contributed by atoms with Crippen LogP contribution in [-0.2, 0) is 19.1 Å². The summed E-state index contributed by atoms with van der Waals surface area (Å²) in [5.74, 6) is -0.928. The van der Waals surface area contributed by atoms with Gasteiger partial charge in [0.15, 0.2) is 6.10 Å². The summed E-state index contributed by atoms with van der Waals surface area (Å²) < 4.78 is 9.70. The first-order valence-electron chi connectivity index (χ1n) is 6.41. The van der Waals surface area contributed by atoms with E-state index in [1.54, 1.807) is 0 Å². The van der Waals surface area contributed by atoms with Crippen LogP contribution in [-0.4, -0.2) is 24.6 Å². The van der Waals surface area contributed by atoms with Crippen molar-refractivity contribution < 1.29 is 19.1 Å². The molecule has 0 fully saturated rings. The lowest BCUT2D eigenvalue weighted by molar-refractivity contribution is -0.165. The first-order chi connectivity index (χ1) is 8.07. The van der Waals surface area contributed by atoms with Crippen molar-refractivity contribution in [3.8, 4) is 0 Å². The molecule has 0 aromatic rings. The highest BCUT2D eigenvalue weighted by Gasteiger charge is 2.16. The number of carbonyl (C=O) groups is 2. The summed E-state index contributed by atoms with van der Waals surface area (Å²) in [6, 6.07) is 0. The van der Waals surface area contributed by atoms with Crippen molar-refractivity contribution in [1.29, 1.82) is 0 Å². The van der Waals surface area contributed by atoms with Crippen LogP contribution < -0.4 is 0 Å². The van der Waals surface area contributed by atoms with Gasteiger partial charge in [-0.25, -0.2) is 4.79 Å². The van der Waals surface area contributed by atoms with Crippen molar-refractivity contribution in [1.82, 2.24) is 0 Å². The Balaban J connectivity index is 3.41. The lowest BCUT2D eigenvalue weighted by Crippen LogP contribution is -2.25. The fraction of sp³-hybridized carbons (Fsp3) is 0.846. The third-order valence-corrected chi connectivity index (χ3v) is 2.42. The smallest absolute Gasteiger partial charge is 0.347 e. The number of rotatable bonds is 9. The topological polar surface area (TPSA) is 52.6 Å². The molecule has 0 amide bonds. The highest BCUT2D eigenvalue weighted by atomic mass is 16.6. The molecule has 0 aromatic carbocycles. The number of ether oxygens (including phenoxy) is 2. The summed E-state index contributed by atoms with van der Waals surface area (Å²) in [6.45, 7) is 5.39. The van der Waals surface area contributed by atoms with E-state index in [1.165, 1.54) is 39.5 Å². The summed E-state index contributed by atoms with van der Waals surface area (Å²) in [5, 5.41) is 0. The van der Waals surface area contributed by atoms with Crippen LogP contribution >= 0.6 is 0 Å². The summed E-state index contributed by atoms with van der Waals surface area (Å²) in [5.41, 5.74) is 0. The Morgan fingerprint density at radius 1 is 1.06 bits per heavy atom.